The number of carbonyl (C=O) groups is 2. The van der Waals surface area contributed by atoms with Gasteiger partial charge in [0.05, 0.1) is 29.0 Å². The van der Waals surface area contributed by atoms with Gasteiger partial charge in [0.2, 0.25) is 0 Å². The molecule has 10 nitrogen and oxygen atoms in total. The normalized spacial score (nSPS) is 11.1. The van der Waals surface area contributed by atoms with Crippen molar-refractivity contribution in [2.45, 2.75) is 216 Å². The Morgan fingerprint density at radius 2 is 0.905 bits per heavy atom. The molecule has 0 radical (unpaired) electrons. The minimum Gasteiger partial charge on any atom is -0.545 e. The predicted molar refractivity (Wildman–Crippen MR) is 298 cm³/mol. The first-order chi connectivity index (χ1) is 35.1. The molecule has 74 heavy (non-hydrogen) atoms. The number of hydrogen-bond acceptors (Lipinski definition) is 10. The van der Waals surface area contributed by atoms with Crippen molar-refractivity contribution in [3.05, 3.63) is 105 Å². The third-order valence-corrected chi connectivity index (χ3v) is 12.5. The Labute approximate surface area is 455 Å². The number of aryl methyl sites for hydroxylation is 6. The van der Waals surface area contributed by atoms with Gasteiger partial charge in [0.25, 0.3) is 0 Å². The minimum atomic E-state index is -1.47. The second-order valence-electron chi connectivity index (χ2n) is 19.3. The molecule has 0 aliphatic rings. The third kappa shape index (κ3) is 25.6. The predicted octanol–water partition coefficient (Wildman–Crippen LogP) is 14.6. The van der Waals surface area contributed by atoms with Crippen molar-refractivity contribution in [2.24, 2.45) is 9.98 Å². The zero-order valence-corrected chi connectivity index (χ0v) is 47.1. The van der Waals surface area contributed by atoms with E-state index in [2.05, 4.69) is 89.8 Å². The average molecular weight is 1060 g/mol. The monoisotopic (exact) mass is 1060 g/mol. The molecule has 4 N–H and O–H groups in total. The van der Waals surface area contributed by atoms with E-state index in [-0.39, 0.29) is 27.6 Å². The number of phenolic OH excluding ortho intramolecular Hbond substituents is 2. The fraction of sp³-hybridized carbons (Fsp3) is 0.524. The Hall–Kier alpha value is -5.59. The molecule has 408 valence electrons. The summed E-state index contributed by atoms with van der Waals surface area (Å²) in [6.45, 7) is 17.2. The molecule has 0 saturated heterocycles. The van der Waals surface area contributed by atoms with Gasteiger partial charge in [0.1, 0.15) is 5.71 Å². The molecular weight excluding hydrogens is 971 g/mol. The number of carboxylic acid groups (broad SMARTS) is 2. The Morgan fingerprint density at radius 1 is 0.486 bits per heavy atom. The van der Waals surface area contributed by atoms with Gasteiger partial charge < -0.3 is 40.2 Å². The molecule has 0 unspecified atom stereocenters. The van der Waals surface area contributed by atoms with Crippen LogP contribution in [0.4, 0.5) is 11.4 Å². The molecule has 4 aromatic carbocycles. The molecule has 11 heteroatoms. The van der Waals surface area contributed by atoms with Crippen LogP contribution in [0.25, 0.3) is 0 Å². The third-order valence-electron chi connectivity index (χ3n) is 12.5. The van der Waals surface area contributed by atoms with Gasteiger partial charge in [-0.1, -0.05) is 168 Å². The summed E-state index contributed by atoms with van der Waals surface area (Å²) in [5.74, 6) is 2.04. The standard InChI is InChI=1S/C43H66N2.2C10H12O4.Ni/c1-7-11-15-17-19-21-25-28-42(44-40-31-36(5)30-37(6)32-40)43(29-24-20-18-16-12-8-2)45-41-34-38(26-22-13-9-3)33-39(35-41)27-23-14-10-4;2*1-2-3-6-4-5-7(11)9(12)8(6)10(13)14;/h30-35H,7-24,26-27,29H2,1-6H3;2*4-5,11-12H,2-3H2,1H3,(H,13,14);/q;;;+2/p-2. The number of phenols is 4. The number of carboxylic acids is 2. The van der Waals surface area contributed by atoms with Crippen LogP contribution in [0.1, 0.15) is 230 Å². The first-order valence-electron chi connectivity index (χ1n) is 27.5. The minimum absolute atomic E-state index is 0. The SMILES string of the molecule is CCCCCCCC#CC(=Nc1cc(C)cc(C)c1)C(CCCCCCCC)=Nc1cc(CCCCC)cc(CCCCC)c1.CCCc1ccc(O)c(O)c1C(=O)[O-].CCCc1ccc(O)c(O)c1C(=O)[O-].[Ni+2]. The van der Waals surface area contributed by atoms with Gasteiger partial charge in [0.15, 0.2) is 23.0 Å². The number of unbranched alkanes of at least 4 members (excludes halogenated alkanes) is 14. The molecule has 0 fully saturated rings. The van der Waals surface area contributed by atoms with Gasteiger partial charge in [-0.15, -0.1) is 0 Å². The number of benzene rings is 4. The number of carbonyl (C=O) groups excluding carboxylic acids is 2. The van der Waals surface area contributed by atoms with E-state index in [0.29, 0.717) is 24.0 Å². The fourth-order valence-electron chi connectivity index (χ4n) is 8.64. The number of aromatic carboxylic acids is 2. The van der Waals surface area contributed by atoms with E-state index in [1.807, 2.05) is 13.8 Å². The maximum Gasteiger partial charge on any atom is 2.00 e. The number of aromatic hydroxyl groups is 4. The summed E-state index contributed by atoms with van der Waals surface area (Å²) in [6, 6.07) is 19.2. The molecule has 0 aliphatic heterocycles. The Kier molecular flexibility index (Phi) is 34.9. The van der Waals surface area contributed by atoms with Crippen LogP contribution in [-0.4, -0.2) is 43.8 Å². The summed E-state index contributed by atoms with van der Waals surface area (Å²) in [5, 5.41) is 58.2. The van der Waals surface area contributed by atoms with E-state index in [0.717, 1.165) is 74.2 Å². The summed E-state index contributed by atoms with van der Waals surface area (Å²) >= 11 is 0. The van der Waals surface area contributed by atoms with E-state index in [1.54, 1.807) is 0 Å². The van der Waals surface area contributed by atoms with E-state index in [1.165, 1.54) is 143 Å². The summed E-state index contributed by atoms with van der Waals surface area (Å²) < 4.78 is 0. The summed E-state index contributed by atoms with van der Waals surface area (Å²) in [5.41, 5.74) is 9.67. The van der Waals surface area contributed by atoms with Gasteiger partial charge in [-0.2, -0.15) is 0 Å². The van der Waals surface area contributed by atoms with Crippen LogP contribution in [0, 0.1) is 25.7 Å². The van der Waals surface area contributed by atoms with Crippen molar-refractivity contribution in [1.82, 2.24) is 0 Å². The maximum atomic E-state index is 10.7. The van der Waals surface area contributed by atoms with E-state index in [9.17, 15) is 30.0 Å². The van der Waals surface area contributed by atoms with Crippen molar-refractivity contribution in [1.29, 1.82) is 0 Å². The molecule has 0 atom stereocenters. The van der Waals surface area contributed by atoms with Crippen molar-refractivity contribution < 1.29 is 56.7 Å². The van der Waals surface area contributed by atoms with Gasteiger partial charge in [0, 0.05) is 17.5 Å². The van der Waals surface area contributed by atoms with Gasteiger partial charge >= 0.3 is 16.5 Å². The van der Waals surface area contributed by atoms with Crippen molar-refractivity contribution in [3.63, 3.8) is 0 Å². The molecule has 0 aromatic heterocycles. The number of aliphatic imine (C=N–C) groups is 2. The quantitative estimate of drug-likeness (QED) is 0.0136. The summed E-state index contributed by atoms with van der Waals surface area (Å²) in [6.07, 6.45) is 28.1. The first-order valence-corrected chi connectivity index (χ1v) is 27.5. The topological polar surface area (TPSA) is 186 Å². The molecule has 4 rings (SSSR count). The largest absolute Gasteiger partial charge is 2.00 e. The molecule has 0 heterocycles. The van der Waals surface area contributed by atoms with Crippen LogP contribution in [-0.2, 0) is 42.2 Å². The van der Waals surface area contributed by atoms with Crippen LogP contribution < -0.4 is 10.2 Å². The second kappa shape index (κ2) is 38.9. The number of nitrogens with zero attached hydrogens (tertiary/aromatic N) is 2. The number of rotatable bonds is 29. The second-order valence-corrected chi connectivity index (χ2v) is 19.3. The Bertz CT molecular complexity index is 2290. The first kappa shape index (κ1) is 66.4. The van der Waals surface area contributed by atoms with E-state index in [4.69, 9.17) is 20.2 Å². The fourth-order valence-corrected chi connectivity index (χ4v) is 8.64. The van der Waals surface area contributed by atoms with Crippen molar-refractivity contribution in [2.75, 3.05) is 0 Å². The van der Waals surface area contributed by atoms with Crippen molar-refractivity contribution in [3.8, 4) is 34.8 Å². The van der Waals surface area contributed by atoms with Gasteiger partial charge in [-0.25, -0.2) is 4.99 Å². The zero-order chi connectivity index (χ0) is 54.0. The van der Waals surface area contributed by atoms with Crippen LogP contribution in [0.15, 0.2) is 70.6 Å². The molecule has 0 amide bonds. The molecule has 0 aliphatic carbocycles. The molecule has 0 saturated carbocycles. The zero-order valence-electron chi connectivity index (χ0n) is 46.1. The van der Waals surface area contributed by atoms with Crippen LogP contribution in [0.5, 0.6) is 23.0 Å². The smallest absolute Gasteiger partial charge is 0.545 e. The summed E-state index contributed by atoms with van der Waals surface area (Å²) in [7, 11) is 0. The van der Waals surface area contributed by atoms with Crippen LogP contribution >= 0.6 is 0 Å². The van der Waals surface area contributed by atoms with E-state index >= 15 is 0 Å². The molecular formula is C63H88N2NiO8. The molecule has 0 bridgehead atoms. The Morgan fingerprint density at radius 3 is 1.35 bits per heavy atom. The Balaban J connectivity index is 0.000000760. The average Bonchev–Trinajstić information content (AvgIpc) is 3.34. The maximum absolute atomic E-state index is 10.7. The van der Waals surface area contributed by atoms with Crippen LogP contribution in [0.2, 0.25) is 0 Å². The van der Waals surface area contributed by atoms with Gasteiger partial charge in [-0.05, 0) is 147 Å². The number of hydrogen-bond donors (Lipinski definition) is 4. The van der Waals surface area contributed by atoms with E-state index < -0.39 is 34.9 Å². The van der Waals surface area contributed by atoms with Gasteiger partial charge in [-0.3, -0.25) is 4.99 Å². The molecule has 4 aromatic rings. The summed E-state index contributed by atoms with van der Waals surface area (Å²) in [4.78, 5) is 32.0. The van der Waals surface area contributed by atoms with Crippen LogP contribution in [0.3, 0.4) is 0 Å². The van der Waals surface area contributed by atoms with Crippen molar-refractivity contribution >= 4 is 34.7 Å². The molecule has 0 spiro atoms.